The first-order valence-electron chi connectivity index (χ1n) is 6.08. The molecule has 2 rings (SSSR count). The summed E-state index contributed by atoms with van der Waals surface area (Å²) in [6, 6.07) is 17.5. The normalized spacial score (nSPS) is 12.1. The molecule has 0 spiro atoms. The largest absolute Gasteiger partial charge is 0.457 e. The maximum Gasteiger partial charge on any atom is 0.127 e. The standard InChI is InChI=1S/C15H18N2O/c16-10-9-15(17)12-5-4-8-14(11-12)18-13-6-2-1-3-7-13/h1-8,11,15H,9-10,16-17H2/t15-/m0/s1. The van der Waals surface area contributed by atoms with Crippen molar-refractivity contribution < 1.29 is 4.74 Å². The molecule has 2 aromatic rings. The summed E-state index contributed by atoms with van der Waals surface area (Å²) in [6.07, 6.45) is 0.773. The molecule has 0 heterocycles. The van der Waals surface area contributed by atoms with Gasteiger partial charge in [0.1, 0.15) is 11.5 Å². The molecule has 0 aliphatic carbocycles. The molecule has 0 bridgehead atoms. The SMILES string of the molecule is NCC[C@H](N)c1cccc(Oc2ccccc2)c1. The van der Waals surface area contributed by atoms with Crippen LogP contribution in [0.5, 0.6) is 11.5 Å². The fourth-order valence-corrected chi connectivity index (χ4v) is 1.78. The molecule has 0 aliphatic heterocycles. The van der Waals surface area contributed by atoms with Crippen molar-refractivity contribution in [1.82, 2.24) is 0 Å². The number of rotatable bonds is 5. The van der Waals surface area contributed by atoms with Gasteiger partial charge < -0.3 is 16.2 Å². The van der Waals surface area contributed by atoms with Crippen LogP contribution < -0.4 is 16.2 Å². The molecule has 3 nitrogen and oxygen atoms in total. The molecule has 0 radical (unpaired) electrons. The minimum Gasteiger partial charge on any atom is -0.457 e. The third kappa shape index (κ3) is 3.32. The van der Waals surface area contributed by atoms with Crippen LogP contribution in [-0.2, 0) is 0 Å². The van der Waals surface area contributed by atoms with Gasteiger partial charge in [0.15, 0.2) is 0 Å². The minimum atomic E-state index is -0.0330. The van der Waals surface area contributed by atoms with Crippen molar-refractivity contribution in [2.45, 2.75) is 12.5 Å². The summed E-state index contributed by atoms with van der Waals surface area (Å²) in [5.74, 6) is 1.62. The van der Waals surface area contributed by atoms with E-state index < -0.39 is 0 Å². The molecule has 94 valence electrons. The van der Waals surface area contributed by atoms with E-state index in [1.54, 1.807) is 0 Å². The minimum absolute atomic E-state index is 0.0330. The summed E-state index contributed by atoms with van der Waals surface area (Å²) in [4.78, 5) is 0. The Balaban J connectivity index is 2.12. The molecule has 0 saturated carbocycles. The zero-order valence-electron chi connectivity index (χ0n) is 10.3. The van der Waals surface area contributed by atoms with Gasteiger partial charge in [-0.25, -0.2) is 0 Å². The van der Waals surface area contributed by atoms with E-state index in [4.69, 9.17) is 16.2 Å². The highest BCUT2D eigenvalue weighted by Gasteiger charge is 2.06. The summed E-state index contributed by atoms with van der Waals surface area (Å²) in [7, 11) is 0. The topological polar surface area (TPSA) is 61.3 Å². The maximum absolute atomic E-state index is 6.03. The van der Waals surface area contributed by atoms with Crippen molar-refractivity contribution in [3.8, 4) is 11.5 Å². The molecule has 1 atom stereocenters. The molecule has 0 amide bonds. The van der Waals surface area contributed by atoms with Crippen molar-refractivity contribution in [2.24, 2.45) is 11.5 Å². The summed E-state index contributed by atoms with van der Waals surface area (Å²) >= 11 is 0. The van der Waals surface area contributed by atoms with Crippen LogP contribution in [0.15, 0.2) is 54.6 Å². The van der Waals surface area contributed by atoms with Gasteiger partial charge in [-0.05, 0) is 42.8 Å². The van der Waals surface area contributed by atoms with Crippen LogP contribution in [0.4, 0.5) is 0 Å². The third-order valence-corrected chi connectivity index (χ3v) is 2.74. The second-order valence-electron chi connectivity index (χ2n) is 4.17. The number of hydrogen-bond donors (Lipinski definition) is 2. The Morgan fingerprint density at radius 3 is 2.39 bits per heavy atom. The molecule has 0 aromatic heterocycles. The van der Waals surface area contributed by atoms with Crippen molar-refractivity contribution in [2.75, 3.05) is 6.54 Å². The van der Waals surface area contributed by atoms with Gasteiger partial charge in [0.05, 0.1) is 0 Å². The lowest BCUT2D eigenvalue weighted by Crippen LogP contribution is -2.15. The second kappa shape index (κ2) is 6.19. The molecule has 2 aromatic carbocycles. The molecular weight excluding hydrogens is 224 g/mol. The number of nitrogens with two attached hydrogens (primary N) is 2. The number of para-hydroxylation sites is 1. The lowest BCUT2D eigenvalue weighted by Gasteiger charge is -2.12. The Kier molecular flexibility index (Phi) is 4.34. The zero-order valence-corrected chi connectivity index (χ0v) is 10.3. The third-order valence-electron chi connectivity index (χ3n) is 2.74. The van der Waals surface area contributed by atoms with E-state index in [-0.39, 0.29) is 6.04 Å². The Bertz CT molecular complexity index is 485. The van der Waals surface area contributed by atoms with Crippen LogP contribution in [0.25, 0.3) is 0 Å². The van der Waals surface area contributed by atoms with Gasteiger partial charge in [-0.3, -0.25) is 0 Å². The van der Waals surface area contributed by atoms with Gasteiger partial charge >= 0.3 is 0 Å². The Labute approximate surface area is 107 Å². The predicted molar refractivity (Wildman–Crippen MR) is 73.6 cm³/mol. The molecule has 4 N–H and O–H groups in total. The second-order valence-corrected chi connectivity index (χ2v) is 4.17. The first-order valence-corrected chi connectivity index (χ1v) is 6.08. The van der Waals surface area contributed by atoms with Gasteiger partial charge in [-0.15, -0.1) is 0 Å². The van der Waals surface area contributed by atoms with Crippen LogP contribution >= 0.6 is 0 Å². The van der Waals surface area contributed by atoms with Gasteiger partial charge in [0.2, 0.25) is 0 Å². The summed E-state index contributed by atoms with van der Waals surface area (Å²) < 4.78 is 5.76. The van der Waals surface area contributed by atoms with E-state index in [9.17, 15) is 0 Å². The van der Waals surface area contributed by atoms with E-state index in [0.717, 1.165) is 23.5 Å². The lowest BCUT2D eigenvalue weighted by atomic mass is 10.0. The fraction of sp³-hybridized carbons (Fsp3) is 0.200. The van der Waals surface area contributed by atoms with Crippen LogP contribution in [0.1, 0.15) is 18.0 Å². The monoisotopic (exact) mass is 242 g/mol. The highest BCUT2D eigenvalue weighted by atomic mass is 16.5. The first kappa shape index (κ1) is 12.6. The molecule has 0 unspecified atom stereocenters. The smallest absolute Gasteiger partial charge is 0.127 e. The summed E-state index contributed by atoms with van der Waals surface area (Å²) in [5.41, 5.74) is 12.6. The zero-order chi connectivity index (χ0) is 12.8. The van der Waals surface area contributed by atoms with Crippen LogP contribution in [-0.4, -0.2) is 6.54 Å². The van der Waals surface area contributed by atoms with Gasteiger partial charge in [0.25, 0.3) is 0 Å². The average Bonchev–Trinajstić information content (AvgIpc) is 2.40. The van der Waals surface area contributed by atoms with Gasteiger partial charge in [-0.2, -0.15) is 0 Å². The molecule has 0 saturated heterocycles. The summed E-state index contributed by atoms with van der Waals surface area (Å²) in [5, 5.41) is 0. The summed E-state index contributed by atoms with van der Waals surface area (Å²) in [6.45, 7) is 0.588. The molecule has 3 heteroatoms. The Morgan fingerprint density at radius 1 is 0.944 bits per heavy atom. The van der Waals surface area contributed by atoms with E-state index in [0.29, 0.717) is 6.54 Å². The van der Waals surface area contributed by atoms with Crippen molar-refractivity contribution in [3.63, 3.8) is 0 Å². The highest BCUT2D eigenvalue weighted by Crippen LogP contribution is 2.24. The number of benzene rings is 2. The van der Waals surface area contributed by atoms with Gasteiger partial charge in [-0.1, -0.05) is 30.3 Å². The molecular formula is C15H18N2O. The van der Waals surface area contributed by atoms with Crippen LogP contribution in [0.2, 0.25) is 0 Å². The van der Waals surface area contributed by atoms with E-state index >= 15 is 0 Å². The molecule has 18 heavy (non-hydrogen) atoms. The Hall–Kier alpha value is -1.84. The quantitative estimate of drug-likeness (QED) is 0.847. The fourth-order valence-electron chi connectivity index (χ4n) is 1.78. The Morgan fingerprint density at radius 2 is 1.67 bits per heavy atom. The highest BCUT2D eigenvalue weighted by molar-refractivity contribution is 5.34. The van der Waals surface area contributed by atoms with E-state index in [2.05, 4.69) is 0 Å². The number of hydrogen-bond acceptors (Lipinski definition) is 3. The van der Waals surface area contributed by atoms with Crippen LogP contribution in [0.3, 0.4) is 0 Å². The van der Waals surface area contributed by atoms with Crippen LogP contribution in [0, 0.1) is 0 Å². The average molecular weight is 242 g/mol. The lowest BCUT2D eigenvalue weighted by molar-refractivity contribution is 0.481. The van der Waals surface area contributed by atoms with Gasteiger partial charge in [0, 0.05) is 6.04 Å². The first-order chi connectivity index (χ1) is 8.79. The maximum atomic E-state index is 6.03. The van der Waals surface area contributed by atoms with E-state index in [1.807, 2.05) is 54.6 Å². The molecule has 0 aliphatic rings. The predicted octanol–water partition coefficient (Wildman–Crippen LogP) is 2.83. The number of ether oxygens (including phenoxy) is 1. The van der Waals surface area contributed by atoms with E-state index in [1.165, 1.54) is 0 Å². The van der Waals surface area contributed by atoms with Crippen molar-refractivity contribution in [1.29, 1.82) is 0 Å². The van der Waals surface area contributed by atoms with Crippen molar-refractivity contribution in [3.05, 3.63) is 60.2 Å². The van der Waals surface area contributed by atoms with Crippen molar-refractivity contribution >= 4 is 0 Å². The molecule has 0 fully saturated rings.